The Hall–Kier alpha value is -7.33. The minimum absolute atomic E-state index is 0. The van der Waals surface area contributed by atoms with E-state index in [-0.39, 0.29) is 77.4 Å². The number of hydrogen-bond acceptors (Lipinski definition) is 2. The van der Waals surface area contributed by atoms with E-state index in [9.17, 15) is 12.3 Å². The van der Waals surface area contributed by atoms with Crippen LogP contribution in [0.3, 0.4) is 0 Å². The Bertz CT molecular complexity index is 5210. The van der Waals surface area contributed by atoms with Crippen LogP contribution in [0.5, 0.6) is 11.5 Å². The fraction of sp³-hybridized carbons (Fsp3) is 0.143. The first kappa shape index (κ1) is 21.1. The number of fused-ring (bicyclic) bond motifs is 5. The summed E-state index contributed by atoms with van der Waals surface area (Å²) < 4.78 is 296. The topological polar surface area (TPSA) is 35.9 Å². The van der Waals surface area contributed by atoms with Gasteiger partial charge in [0.2, 0.25) is 0 Å². The summed E-state index contributed by atoms with van der Waals surface area (Å²) in [4.78, 5) is 4.62. The van der Waals surface area contributed by atoms with Crippen LogP contribution >= 0.6 is 0 Å². The van der Waals surface area contributed by atoms with E-state index in [0.29, 0.717) is 21.8 Å². The Balaban J connectivity index is 0.0000103. The molecule has 0 spiro atoms. The summed E-state index contributed by atoms with van der Waals surface area (Å²) >= 11 is 0. The van der Waals surface area contributed by atoms with Gasteiger partial charge in [0.15, 0.2) is 0 Å². The van der Waals surface area contributed by atoms with Crippen LogP contribution in [-0.2, 0) is 31.9 Å². The number of aryl methyl sites for hydroxylation is 1. The van der Waals surface area contributed by atoms with Crippen molar-refractivity contribution in [2.75, 3.05) is 0 Å². The maximum atomic E-state index is 10.2. The van der Waals surface area contributed by atoms with Gasteiger partial charge >= 0.3 is 0 Å². The Morgan fingerprint density at radius 3 is 2.10 bits per heavy atom. The number of pyridine rings is 1. The number of para-hydroxylation sites is 4. The van der Waals surface area contributed by atoms with Gasteiger partial charge in [-0.25, -0.2) is 4.98 Å². The molecule has 5 nitrogen and oxygen atoms in total. The number of aromatic nitrogens is 4. The fourth-order valence-electron chi connectivity index (χ4n) is 8.46. The first-order valence-electron chi connectivity index (χ1n) is 36.8. The van der Waals surface area contributed by atoms with Crippen LogP contribution in [0, 0.1) is 25.3 Å². The second-order valence-corrected chi connectivity index (χ2v) is 15.7. The first-order valence-corrected chi connectivity index (χ1v) is 20.8. The van der Waals surface area contributed by atoms with E-state index >= 15 is 0 Å². The van der Waals surface area contributed by atoms with Crippen LogP contribution in [0.4, 0.5) is 0 Å². The number of rotatable bonds is 8. The van der Waals surface area contributed by atoms with Crippen molar-refractivity contribution in [3.63, 3.8) is 0 Å². The normalized spacial score (nSPS) is 23.0. The van der Waals surface area contributed by atoms with Crippen molar-refractivity contribution in [2.45, 2.75) is 57.8 Å². The number of imidazole rings is 1. The third-order valence-electron chi connectivity index (χ3n) is 11.5. The second kappa shape index (κ2) is 17.3. The average molecular weight is 1110 g/mol. The smallest absolute Gasteiger partial charge is 0.268 e. The Kier molecular flexibility index (Phi) is 5.30. The molecular weight excluding hydrogens is 1020 g/mol. The van der Waals surface area contributed by atoms with Crippen molar-refractivity contribution in [1.29, 1.82) is 0 Å². The van der Waals surface area contributed by atoms with Crippen LogP contribution in [0.2, 0.25) is 0 Å². The number of benzene rings is 8. The van der Waals surface area contributed by atoms with Gasteiger partial charge in [0, 0.05) is 75.9 Å². The molecule has 0 N–H and O–H groups in total. The molecule has 12 rings (SSSR count). The molecule has 0 fully saturated rings. The summed E-state index contributed by atoms with van der Waals surface area (Å²) in [6.45, 7) is -20.4. The summed E-state index contributed by atoms with van der Waals surface area (Å²) in [5.41, 5.74) is -15.0. The maximum absolute atomic E-state index is 10.2. The summed E-state index contributed by atoms with van der Waals surface area (Å²) in [7, 11) is 0. The first-order chi connectivity index (χ1) is 46.3. The zero-order valence-electron chi connectivity index (χ0n) is 67.4. The third kappa shape index (κ3) is 7.70. The monoisotopic (exact) mass is 1110 g/mol. The molecule has 0 saturated carbocycles. The zero-order chi connectivity index (χ0) is 73.5. The molecule has 1 aliphatic carbocycles. The molecule has 340 valence electrons. The van der Waals surface area contributed by atoms with Crippen LogP contribution in [-0.4, -0.2) is 14.1 Å². The van der Waals surface area contributed by atoms with Crippen molar-refractivity contribution in [3.8, 4) is 62.1 Å². The van der Waals surface area contributed by atoms with Crippen molar-refractivity contribution >= 4 is 32.8 Å². The predicted octanol–water partition coefficient (Wildman–Crippen LogP) is 15.2. The van der Waals surface area contributed by atoms with Gasteiger partial charge in [-0.15, -0.1) is 29.7 Å². The molecule has 0 saturated heterocycles. The van der Waals surface area contributed by atoms with Gasteiger partial charge in [0.1, 0.15) is 5.82 Å². The Labute approximate surface area is 463 Å². The van der Waals surface area contributed by atoms with Crippen LogP contribution in [0.1, 0.15) is 101 Å². The fourth-order valence-corrected chi connectivity index (χ4v) is 8.46. The molecule has 0 atom stereocenters. The quantitative estimate of drug-likeness (QED) is 0.112. The van der Waals surface area contributed by atoms with E-state index in [1.54, 1.807) is 71.3 Å². The van der Waals surface area contributed by atoms with Crippen molar-refractivity contribution in [3.05, 3.63) is 223 Å². The predicted molar refractivity (Wildman–Crippen MR) is 276 cm³/mol. The van der Waals surface area contributed by atoms with Crippen LogP contribution < -0.4 is 9.30 Å². The molecule has 3 aromatic heterocycles. The van der Waals surface area contributed by atoms with Gasteiger partial charge in [-0.1, -0.05) is 172 Å². The molecule has 0 amide bonds. The van der Waals surface area contributed by atoms with E-state index < -0.39 is 170 Å². The van der Waals surface area contributed by atoms with E-state index in [4.69, 9.17) is 36.3 Å². The molecule has 0 radical (unpaired) electrons. The van der Waals surface area contributed by atoms with Crippen molar-refractivity contribution < 1.29 is 74.2 Å². The van der Waals surface area contributed by atoms with Gasteiger partial charge in [-0.05, 0) is 98.1 Å². The minimum Gasteiger partial charge on any atom is -0.510 e. The summed E-state index contributed by atoms with van der Waals surface area (Å²) in [5, 5.41) is 1.26. The Morgan fingerprint density at radius 1 is 0.652 bits per heavy atom. The van der Waals surface area contributed by atoms with Gasteiger partial charge in [-0.3, -0.25) is 4.57 Å². The summed E-state index contributed by atoms with van der Waals surface area (Å²) in [6, 6.07) is 20.4. The average Bonchev–Trinajstić information content (AvgIpc) is 1.20. The number of nitrogens with zero attached hydrogens (tertiary/aromatic N) is 4. The Morgan fingerprint density at radius 2 is 1.33 bits per heavy atom. The standard InChI is InChI=1S/C63H50N4O.Pt/c1-42-36-60(64-40-53(42)44-20-10-7-11-21-44)67-56-27-13-12-24-51(56)52-32-31-48(39-59(52)67)68-47-23-16-22-46(38-47)65-41-66(58-29-15-14-28-57(58)65)61-49(43-18-8-6-9-19-43)25-17-26-50(61)45-30-33-54-55(37-45)63(4,5)35-34-62(54,2)3;/h6-33,36-37,40H,34-35H2,1-5H3;/q-2;/i1D3,2D3,3D3,4D3,5D3,6D,7D,8D,9D,10D,11D,18D,19D,20D,21D,30D,33D,34D2,35D2,37D;. The molecule has 0 bridgehead atoms. The summed E-state index contributed by atoms with van der Waals surface area (Å²) in [5.74, 6) is 0.104. The molecule has 69 heavy (non-hydrogen) atoms. The van der Waals surface area contributed by atoms with Gasteiger partial charge in [-0.2, -0.15) is 18.2 Å². The molecule has 0 aliphatic heterocycles. The van der Waals surface area contributed by atoms with E-state index in [1.165, 1.54) is 39.5 Å². The third-order valence-corrected chi connectivity index (χ3v) is 11.5. The molecule has 11 aromatic rings. The molecule has 3 heterocycles. The van der Waals surface area contributed by atoms with E-state index in [1.807, 2.05) is 0 Å². The molecule has 1 aliphatic rings. The molecule has 6 heteroatoms. The van der Waals surface area contributed by atoms with Gasteiger partial charge in [0.05, 0.1) is 34.5 Å². The minimum atomic E-state index is -4.66. The van der Waals surface area contributed by atoms with Crippen LogP contribution in [0.25, 0.3) is 83.4 Å². The van der Waals surface area contributed by atoms with Gasteiger partial charge < -0.3 is 13.9 Å². The maximum Gasteiger partial charge on any atom is 0.268 e. The molecule has 8 aromatic carbocycles. The summed E-state index contributed by atoms with van der Waals surface area (Å²) in [6.07, 6.45) is -5.00. The second-order valence-electron chi connectivity index (χ2n) is 15.7. The SMILES string of the molecule is [2H]c1c([2H])c([2H])c(-c2cnc(-n3c4[c-]c(Oc5[c-]c(-n6[c-][n+](-c7c(-c8c([2H])c([2H])c([2H])c([2H])c8[2H])cccc7-c7c([2H])c([2H])c8c(c7[2H])C(C([2H])([2H])[2H])(C([2H])([2H])[2H])C([2H])([2H])C([2H])([2H])C8(C([2H])([2H])[2H])C([2H])([2H])[2H])c7ccccc76)ccc5)ccc4c4ccccc43)cc2C([2H])([2H])[2H])c([2H])c1[2H].[Pt]. The van der Waals surface area contributed by atoms with E-state index in [0.717, 1.165) is 12.3 Å². The number of ether oxygens (including phenoxy) is 1. The van der Waals surface area contributed by atoms with Crippen molar-refractivity contribution in [1.82, 2.24) is 14.1 Å². The van der Waals surface area contributed by atoms with E-state index in [2.05, 4.69) is 23.4 Å². The van der Waals surface area contributed by atoms with Crippen LogP contribution in [0.15, 0.2) is 188 Å². The molecular formula is C63H50N4OPt-2. The largest absolute Gasteiger partial charge is 0.510 e. The zero-order valence-corrected chi connectivity index (χ0v) is 37.7. The molecule has 0 unspecified atom stereocenters. The van der Waals surface area contributed by atoms with Crippen molar-refractivity contribution in [2.24, 2.45) is 0 Å². The van der Waals surface area contributed by atoms with Gasteiger partial charge in [0.25, 0.3) is 6.33 Å². The number of hydrogen-bond donors (Lipinski definition) is 0.